The van der Waals surface area contributed by atoms with Crippen molar-refractivity contribution in [2.45, 2.75) is 51.2 Å². The van der Waals surface area contributed by atoms with Gasteiger partial charge in [0.1, 0.15) is 6.10 Å². The summed E-state index contributed by atoms with van der Waals surface area (Å²) in [7, 11) is 0. The number of rotatable bonds is 8. The number of aromatic amines is 2. The number of aromatic nitrogens is 2. The number of aliphatic hydroxyl groups excluding tert-OH is 3. The highest BCUT2D eigenvalue weighted by Gasteiger charge is 2.27. The van der Waals surface area contributed by atoms with Gasteiger partial charge in [-0.05, 0) is 41.5 Å². The molecule has 5 N–H and O–H groups in total. The van der Waals surface area contributed by atoms with Gasteiger partial charge in [-0.1, -0.05) is 50.2 Å². The van der Waals surface area contributed by atoms with Crippen LogP contribution in [-0.4, -0.2) is 44.1 Å². The topological polar surface area (TPSA) is 92.3 Å². The third-order valence-corrected chi connectivity index (χ3v) is 6.29. The first-order chi connectivity index (χ1) is 14.6. The monoisotopic (exact) mass is 406 g/mol. The molecule has 0 unspecified atom stereocenters. The first-order valence-electron chi connectivity index (χ1n) is 10.7. The Morgan fingerprint density at radius 1 is 0.767 bits per heavy atom. The fraction of sp³-hybridized carbons (Fsp3) is 0.360. The molecule has 2 aromatic carbocycles. The SMILES string of the molecule is CCc1cccc2c(C(C[C@H](O)[C@H](O)CO)c3c[nH]c4c(CC)cccc34)c[nH]c12. The van der Waals surface area contributed by atoms with Crippen LogP contribution in [0.3, 0.4) is 0 Å². The van der Waals surface area contributed by atoms with E-state index in [1.165, 1.54) is 11.1 Å². The van der Waals surface area contributed by atoms with Crippen LogP contribution in [0.25, 0.3) is 21.8 Å². The zero-order valence-electron chi connectivity index (χ0n) is 17.5. The maximum Gasteiger partial charge on any atom is 0.103 e. The van der Waals surface area contributed by atoms with Crippen LogP contribution in [0.2, 0.25) is 0 Å². The van der Waals surface area contributed by atoms with Gasteiger partial charge in [-0.25, -0.2) is 0 Å². The molecule has 5 heteroatoms. The van der Waals surface area contributed by atoms with E-state index in [9.17, 15) is 15.3 Å². The highest BCUT2D eigenvalue weighted by atomic mass is 16.4. The fourth-order valence-electron chi connectivity index (χ4n) is 4.59. The average molecular weight is 407 g/mol. The second-order valence-electron chi connectivity index (χ2n) is 7.98. The molecule has 0 amide bonds. The molecule has 2 atom stereocenters. The summed E-state index contributed by atoms with van der Waals surface area (Å²) in [5.74, 6) is -0.136. The van der Waals surface area contributed by atoms with E-state index in [1.54, 1.807) is 0 Å². The van der Waals surface area contributed by atoms with Crippen LogP contribution in [0.5, 0.6) is 0 Å². The van der Waals surface area contributed by atoms with Gasteiger partial charge in [-0.2, -0.15) is 0 Å². The van der Waals surface area contributed by atoms with Crippen molar-refractivity contribution >= 4 is 21.8 Å². The summed E-state index contributed by atoms with van der Waals surface area (Å²) in [6, 6.07) is 12.6. The molecule has 0 saturated heterocycles. The van der Waals surface area contributed by atoms with Gasteiger partial charge in [0.05, 0.1) is 12.7 Å². The number of hydrogen-bond donors (Lipinski definition) is 5. The van der Waals surface area contributed by atoms with Crippen LogP contribution in [0.1, 0.15) is 48.4 Å². The van der Waals surface area contributed by atoms with E-state index >= 15 is 0 Å². The van der Waals surface area contributed by atoms with Crippen molar-refractivity contribution in [3.63, 3.8) is 0 Å². The smallest absolute Gasteiger partial charge is 0.103 e. The van der Waals surface area contributed by atoms with Crippen molar-refractivity contribution in [2.75, 3.05) is 6.61 Å². The molecule has 0 aliphatic rings. The van der Waals surface area contributed by atoms with Crippen molar-refractivity contribution in [1.82, 2.24) is 9.97 Å². The van der Waals surface area contributed by atoms with Crippen molar-refractivity contribution in [3.05, 3.63) is 71.0 Å². The van der Waals surface area contributed by atoms with E-state index in [1.807, 2.05) is 12.4 Å². The summed E-state index contributed by atoms with van der Waals surface area (Å²) in [4.78, 5) is 6.87. The number of fused-ring (bicyclic) bond motifs is 2. The third-order valence-electron chi connectivity index (χ3n) is 6.29. The van der Waals surface area contributed by atoms with Gasteiger partial charge in [0.15, 0.2) is 0 Å². The molecule has 0 spiro atoms. The Morgan fingerprint density at radius 2 is 1.27 bits per heavy atom. The lowest BCUT2D eigenvalue weighted by Gasteiger charge is -2.23. The van der Waals surface area contributed by atoms with E-state index in [-0.39, 0.29) is 5.92 Å². The number of para-hydroxylation sites is 2. The first-order valence-corrected chi connectivity index (χ1v) is 10.7. The lowest BCUT2D eigenvalue weighted by atomic mass is 9.84. The molecule has 5 nitrogen and oxygen atoms in total. The number of benzene rings is 2. The van der Waals surface area contributed by atoms with Crippen molar-refractivity contribution in [1.29, 1.82) is 0 Å². The quantitative estimate of drug-likeness (QED) is 0.306. The van der Waals surface area contributed by atoms with Crippen molar-refractivity contribution in [2.24, 2.45) is 0 Å². The summed E-state index contributed by atoms with van der Waals surface area (Å²) < 4.78 is 0. The predicted molar refractivity (Wildman–Crippen MR) is 121 cm³/mol. The summed E-state index contributed by atoms with van der Waals surface area (Å²) in [6.07, 6.45) is 4.03. The second kappa shape index (κ2) is 8.64. The molecule has 0 aliphatic heterocycles. The lowest BCUT2D eigenvalue weighted by molar-refractivity contribution is -0.0191. The Balaban J connectivity index is 1.88. The van der Waals surface area contributed by atoms with E-state index in [0.29, 0.717) is 6.42 Å². The zero-order chi connectivity index (χ0) is 21.3. The summed E-state index contributed by atoms with van der Waals surface area (Å²) in [6.45, 7) is 3.82. The second-order valence-corrected chi connectivity index (χ2v) is 7.98. The number of H-pyrrole nitrogens is 2. The molecular formula is C25H30N2O3. The van der Waals surface area contributed by atoms with Gasteiger partial charge in [-0.15, -0.1) is 0 Å². The Morgan fingerprint density at radius 3 is 1.70 bits per heavy atom. The number of aryl methyl sites for hydroxylation is 2. The largest absolute Gasteiger partial charge is 0.394 e. The minimum absolute atomic E-state index is 0.136. The molecule has 2 heterocycles. The molecule has 0 radical (unpaired) electrons. The average Bonchev–Trinajstić information content (AvgIpc) is 3.41. The van der Waals surface area contributed by atoms with Crippen molar-refractivity contribution in [3.8, 4) is 0 Å². The van der Waals surface area contributed by atoms with E-state index in [2.05, 4.69) is 60.2 Å². The Hall–Kier alpha value is -2.60. The zero-order valence-corrected chi connectivity index (χ0v) is 17.5. The van der Waals surface area contributed by atoms with Crippen LogP contribution in [0.4, 0.5) is 0 Å². The minimum Gasteiger partial charge on any atom is -0.394 e. The highest BCUT2D eigenvalue weighted by Crippen LogP contribution is 2.39. The standard InChI is InChI=1S/C25H30N2O3/c1-3-15-7-5-9-17-20(12-26-24(15)17)19(11-22(29)23(30)14-28)21-13-27-25-16(4-2)8-6-10-18(21)25/h5-10,12-13,19,22-23,26-30H,3-4,11,14H2,1-2H3/t22-,23+/m0/s1. The third kappa shape index (κ3) is 3.54. The first kappa shape index (κ1) is 20.7. The molecule has 158 valence electrons. The van der Waals surface area contributed by atoms with Gasteiger partial charge in [0.25, 0.3) is 0 Å². The van der Waals surface area contributed by atoms with Crippen molar-refractivity contribution < 1.29 is 15.3 Å². The van der Waals surface area contributed by atoms with E-state index in [0.717, 1.165) is 45.8 Å². The predicted octanol–water partition coefficient (Wildman–Crippen LogP) is 4.01. The van der Waals surface area contributed by atoms with Gasteiger partial charge >= 0.3 is 0 Å². The summed E-state index contributed by atoms with van der Waals surface area (Å²) in [5, 5.41) is 32.2. The molecule has 0 saturated carbocycles. The van der Waals surface area contributed by atoms with Crippen LogP contribution >= 0.6 is 0 Å². The molecule has 0 aliphatic carbocycles. The number of hydrogen-bond acceptors (Lipinski definition) is 3. The van der Waals surface area contributed by atoms with Crippen LogP contribution in [0, 0.1) is 0 Å². The molecule has 0 fully saturated rings. The number of aliphatic hydroxyl groups is 3. The van der Waals surface area contributed by atoms with Gasteiger partial charge in [-0.3, -0.25) is 0 Å². The fourth-order valence-corrected chi connectivity index (χ4v) is 4.59. The molecule has 4 rings (SSSR count). The van der Waals surface area contributed by atoms with Crippen LogP contribution in [0.15, 0.2) is 48.8 Å². The van der Waals surface area contributed by atoms with Gasteiger partial charge in [0, 0.05) is 40.1 Å². The van der Waals surface area contributed by atoms with Crippen LogP contribution < -0.4 is 0 Å². The lowest BCUT2D eigenvalue weighted by Crippen LogP contribution is -2.31. The van der Waals surface area contributed by atoms with Crippen LogP contribution in [-0.2, 0) is 12.8 Å². The maximum absolute atomic E-state index is 10.6. The van der Waals surface area contributed by atoms with Gasteiger partial charge in [0.2, 0.25) is 0 Å². The highest BCUT2D eigenvalue weighted by molar-refractivity contribution is 5.90. The molecule has 30 heavy (non-hydrogen) atoms. The number of nitrogens with one attached hydrogen (secondary N) is 2. The van der Waals surface area contributed by atoms with E-state index in [4.69, 9.17) is 0 Å². The normalized spacial score (nSPS) is 14.1. The minimum atomic E-state index is -1.17. The summed E-state index contributed by atoms with van der Waals surface area (Å²) >= 11 is 0. The molecule has 4 aromatic rings. The van der Waals surface area contributed by atoms with Gasteiger partial charge < -0.3 is 25.3 Å². The summed E-state index contributed by atoms with van der Waals surface area (Å²) in [5.41, 5.74) is 6.92. The molecular weight excluding hydrogens is 376 g/mol. The molecule has 0 bridgehead atoms. The molecule has 2 aromatic heterocycles. The Labute approximate surface area is 176 Å². The Kier molecular flexibility index (Phi) is 5.95. The maximum atomic E-state index is 10.6. The Bertz CT molecular complexity index is 1060. The van der Waals surface area contributed by atoms with E-state index < -0.39 is 18.8 Å².